The lowest BCUT2D eigenvalue weighted by molar-refractivity contribution is -0.138. The van der Waals surface area contributed by atoms with Gasteiger partial charge in [-0.05, 0) is 40.5 Å². The van der Waals surface area contributed by atoms with E-state index in [0.29, 0.717) is 6.42 Å². The van der Waals surface area contributed by atoms with Crippen LogP contribution in [0.1, 0.15) is 17.0 Å². The molecule has 0 spiro atoms. The van der Waals surface area contributed by atoms with Crippen LogP contribution in [0.25, 0.3) is 10.8 Å². The molecule has 0 aliphatic carbocycles. The molecule has 0 aliphatic rings. The fourth-order valence-corrected chi connectivity index (χ4v) is 2.75. The highest BCUT2D eigenvalue weighted by atomic mass is 16.4. The molecule has 0 fully saturated rings. The largest absolute Gasteiger partial charge is 0.508 e. The standard InChI is InChI=1S/C19H16O3/c20-15-10-8-13(9-11-15)12-18(19(21)22)17-7-3-5-14-4-1-2-6-16(14)17/h1-11,18,20H,12H2,(H,21,22)/t18-/m1/s1. The van der Waals surface area contributed by atoms with Gasteiger partial charge in [0, 0.05) is 0 Å². The Labute approximate surface area is 128 Å². The zero-order chi connectivity index (χ0) is 15.5. The number of benzene rings is 3. The number of carboxylic acid groups (broad SMARTS) is 1. The van der Waals surface area contributed by atoms with Crippen LogP contribution in [0.5, 0.6) is 5.75 Å². The van der Waals surface area contributed by atoms with E-state index < -0.39 is 11.9 Å². The van der Waals surface area contributed by atoms with E-state index in [1.54, 1.807) is 24.3 Å². The van der Waals surface area contributed by atoms with Gasteiger partial charge in [0.1, 0.15) is 5.75 Å². The Bertz CT molecular complexity index is 801. The number of carbonyl (C=O) groups is 1. The summed E-state index contributed by atoms with van der Waals surface area (Å²) in [4.78, 5) is 11.8. The molecular formula is C19H16O3. The first kappa shape index (κ1) is 14.1. The first-order chi connectivity index (χ1) is 10.6. The Morgan fingerprint density at radius 1 is 0.909 bits per heavy atom. The monoisotopic (exact) mass is 292 g/mol. The number of phenolic OH excluding ortho intramolecular Hbond substituents is 1. The highest BCUT2D eigenvalue weighted by Gasteiger charge is 2.22. The average Bonchev–Trinajstić information content (AvgIpc) is 2.54. The normalized spacial score (nSPS) is 12.2. The Morgan fingerprint density at radius 2 is 1.59 bits per heavy atom. The molecule has 0 saturated carbocycles. The van der Waals surface area contributed by atoms with Crippen LogP contribution in [0.15, 0.2) is 66.7 Å². The zero-order valence-electron chi connectivity index (χ0n) is 11.9. The van der Waals surface area contributed by atoms with Gasteiger partial charge in [-0.3, -0.25) is 4.79 Å². The minimum atomic E-state index is -0.843. The molecule has 0 aliphatic heterocycles. The molecule has 22 heavy (non-hydrogen) atoms. The number of rotatable bonds is 4. The van der Waals surface area contributed by atoms with Crippen LogP contribution in [0.3, 0.4) is 0 Å². The van der Waals surface area contributed by atoms with Crippen LogP contribution in [0.4, 0.5) is 0 Å². The molecule has 0 heterocycles. The van der Waals surface area contributed by atoms with Gasteiger partial charge >= 0.3 is 5.97 Å². The smallest absolute Gasteiger partial charge is 0.311 e. The summed E-state index contributed by atoms with van der Waals surface area (Å²) >= 11 is 0. The summed E-state index contributed by atoms with van der Waals surface area (Å²) in [5.74, 6) is -1.28. The van der Waals surface area contributed by atoms with E-state index in [1.807, 2.05) is 42.5 Å². The number of hydrogen-bond donors (Lipinski definition) is 2. The molecule has 2 N–H and O–H groups in total. The molecule has 0 saturated heterocycles. The maximum atomic E-state index is 11.8. The van der Waals surface area contributed by atoms with Crippen molar-refractivity contribution in [1.29, 1.82) is 0 Å². The molecule has 0 aromatic heterocycles. The third-order valence-corrected chi connectivity index (χ3v) is 3.87. The molecule has 0 unspecified atom stereocenters. The fraction of sp³-hybridized carbons (Fsp3) is 0.105. The van der Waals surface area contributed by atoms with Crippen molar-refractivity contribution in [2.24, 2.45) is 0 Å². The second-order valence-corrected chi connectivity index (χ2v) is 5.33. The van der Waals surface area contributed by atoms with E-state index in [0.717, 1.165) is 21.9 Å². The van der Waals surface area contributed by atoms with Crippen molar-refractivity contribution in [2.75, 3.05) is 0 Å². The predicted molar refractivity (Wildman–Crippen MR) is 86.1 cm³/mol. The Morgan fingerprint density at radius 3 is 2.32 bits per heavy atom. The summed E-state index contributed by atoms with van der Waals surface area (Å²) in [6, 6.07) is 20.2. The van der Waals surface area contributed by atoms with Crippen LogP contribution in [0.2, 0.25) is 0 Å². The molecule has 1 atom stereocenters. The molecule has 3 aromatic rings. The van der Waals surface area contributed by atoms with Crippen molar-refractivity contribution in [2.45, 2.75) is 12.3 Å². The van der Waals surface area contributed by atoms with Gasteiger partial charge in [0.2, 0.25) is 0 Å². The summed E-state index contributed by atoms with van der Waals surface area (Å²) in [5.41, 5.74) is 1.71. The predicted octanol–water partition coefficient (Wildman–Crippen LogP) is 3.96. The summed E-state index contributed by atoms with van der Waals surface area (Å²) in [6.07, 6.45) is 0.392. The lowest BCUT2D eigenvalue weighted by Gasteiger charge is -2.15. The molecule has 3 aromatic carbocycles. The first-order valence-electron chi connectivity index (χ1n) is 7.13. The van der Waals surface area contributed by atoms with E-state index in [-0.39, 0.29) is 5.75 Å². The Hall–Kier alpha value is -2.81. The number of fused-ring (bicyclic) bond motifs is 1. The van der Waals surface area contributed by atoms with Gasteiger partial charge in [0.05, 0.1) is 5.92 Å². The summed E-state index contributed by atoms with van der Waals surface area (Å²) in [7, 11) is 0. The maximum absolute atomic E-state index is 11.8. The van der Waals surface area contributed by atoms with Gasteiger partial charge < -0.3 is 10.2 Å². The summed E-state index contributed by atoms with van der Waals surface area (Å²) < 4.78 is 0. The van der Waals surface area contributed by atoms with Gasteiger partial charge in [0.25, 0.3) is 0 Å². The molecule has 0 radical (unpaired) electrons. The van der Waals surface area contributed by atoms with Crippen molar-refractivity contribution >= 4 is 16.7 Å². The van der Waals surface area contributed by atoms with Crippen molar-refractivity contribution in [3.8, 4) is 5.75 Å². The van der Waals surface area contributed by atoms with Gasteiger partial charge in [-0.25, -0.2) is 0 Å². The molecule has 110 valence electrons. The topological polar surface area (TPSA) is 57.5 Å². The minimum absolute atomic E-state index is 0.181. The van der Waals surface area contributed by atoms with E-state index >= 15 is 0 Å². The molecule has 3 heteroatoms. The number of hydrogen-bond acceptors (Lipinski definition) is 2. The maximum Gasteiger partial charge on any atom is 0.311 e. The van der Waals surface area contributed by atoms with E-state index in [1.165, 1.54) is 0 Å². The van der Waals surface area contributed by atoms with Crippen LogP contribution in [-0.2, 0) is 11.2 Å². The molecule has 0 amide bonds. The fourth-order valence-electron chi connectivity index (χ4n) is 2.75. The quantitative estimate of drug-likeness (QED) is 0.765. The molecule has 3 rings (SSSR count). The van der Waals surface area contributed by atoms with Crippen molar-refractivity contribution in [3.63, 3.8) is 0 Å². The van der Waals surface area contributed by atoms with Crippen molar-refractivity contribution in [1.82, 2.24) is 0 Å². The lowest BCUT2D eigenvalue weighted by atomic mass is 9.88. The second-order valence-electron chi connectivity index (χ2n) is 5.33. The highest BCUT2D eigenvalue weighted by molar-refractivity contribution is 5.90. The Balaban J connectivity index is 2.03. The minimum Gasteiger partial charge on any atom is -0.508 e. The van der Waals surface area contributed by atoms with Gasteiger partial charge in [-0.2, -0.15) is 0 Å². The van der Waals surface area contributed by atoms with Gasteiger partial charge in [-0.15, -0.1) is 0 Å². The van der Waals surface area contributed by atoms with E-state index in [4.69, 9.17) is 0 Å². The molecular weight excluding hydrogens is 276 g/mol. The van der Waals surface area contributed by atoms with Crippen LogP contribution in [0, 0.1) is 0 Å². The zero-order valence-corrected chi connectivity index (χ0v) is 11.9. The number of aromatic hydroxyl groups is 1. The summed E-state index contributed by atoms with van der Waals surface area (Å²) in [5, 5.41) is 21.0. The van der Waals surface area contributed by atoms with Gasteiger partial charge in [0.15, 0.2) is 0 Å². The van der Waals surface area contributed by atoms with Crippen LogP contribution in [-0.4, -0.2) is 16.2 Å². The molecule has 0 bridgehead atoms. The third kappa shape index (κ3) is 2.79. The number of aliphatic carboxylic acids is 1. The van der Waals surface area contributed by atoms with Crippen molar-refractivity contribution in [3.05, 3.63) is 77.9 Å². The van der Waals surface area contributed by atoms with Gasteiger partial charge in [-0.1, -0.05) is 54.6 Å². The van der Waals surface area contributed by atoms with E-state index in [2.05, 4.69) is 0 Å². The summed E-state index contributed by atoms with van der Waals surface area (Å²) in [6.45, 7) is 0. The Kier molecular flexibility index (Phi) is 3.79. The lowest BCUT2D eigenvalue weighted by Crippen LogP contribution is -2.14. The SMILES string of the molecule is O=C(O)[C@H](Cc1ccc(O)cc1)c1cccc2ccccc12. The van der Waals surface area contributed by atoms with Crippen LogP contribution >= 0.6 is 0 Å². The van der Waals surface area contributed by atoms with Crippen LogP contribution < -0.4 is 0 Å². The third-order valence-electron chi connectivity index (χ3n) is 3.87. The first-order valence-corrected chi connectivity index (χ1v) is 7.13. The second kappa shape index (κ2) is 5.90. The molecule has 3 nitrogen and oxygen atoms in total. The van der Waals surface area contributed by atoms with E-state index in [9.17, 15) is 15.0 Å². The van der Waals surface area contributed by atoms with Crippen molar-refractivity contribution < 1.29 is 15.0 Å². The highest BCUT2D eigenvalue weighted by Crippen LogP contribution is 2.29. The number of phenols is 1. The number of carboxylic acids is 1. The average molecular weight is 292 g/mol.